The van der Waals surface area contributed by atoms with E-state index < -0.39 is 28.1 Å². The molecule has 2 aromatic rings. The van der Waals surface area contributed by atoms with Gasteiger partial charge >= 0.3 is 11.9 Å². The molecular formula is C13H8F3NO3. The summed E-state index contributed by atoms with van der Waals surface area (Å²) in [4.78, 5) is 9.86. The van der Waals surface area contributed by atoms with Crippen LogP contribution in [0.4, 0.5) is 18.9 Å². The molecule has 0 bridgehead atoms. The highest BCUT2D eigenvalue weighted by atomic mass is 19.4. The predicted octanol–water partition coefficient (Wildman–Crippen LogP) is 3.99. The molecule has 0 saturated heterocycles. The molecule has 20 heavy (non-hydrogen) atoms. The topological polar surface area (TPSA) is 63.4 Å². The molecule has 7 heteroatoms. The lowest BCUT2D eigenvalue weighted by Gasteiger charge is -2.12. The van der Waals surface area contributed by atoms with Crippen LogP contribution in [0.1, 0.15) is 5.56 Å². The lowest BCUT2D eigenvalue weighted by Crippen LogP contribution is -2.06. The van der Waals surface area contributed by atoms with Crippen LogP contribution in [0.25, 0.3) is 11.1 Å². The molecule has 104 valence electrons. The van der Waals surface area contributed by atoms with Gasteiger partial charge in [-0.25, -0.2) is 0 Å². The van der Waals surface area contributed by atoms with Gasteiger partial charge in [0.05, 0.1) is 10.5 Å². The Morgan fingerprint density at radius 1 is 1.10 bits per heavy atom. The van der Waals surface area contributed by atoms with Crippen LogP contribution >= 0.6 is 0 Å². The Labute approximate surface area is 111 Å². The maximum Gasteiger partial charge on any atom is 0.417 e. The summed E-state index contributed by atoms with van der Waals surface area (Å²) < 4.78 is 38.7. The third kappa shape index (κ3) is 2.56. The summed E-state index contributed by atoms with van der Waals surface area (Å²) in [7, 11) is 0. The van der Waals surface area contributed by atoms with E-state index in [-0.39, 0.29) is 11.1 Å². The minimum Gasteiger partial charge on any atom is -0.502 e. The number of phenolic OH excluding ortho intramolecular Hbond substituents is 1. The first-order valence-electron chi connectivity index (χ1n) is 5.44. The van der Waals surface area contributed by atoms with Crippen molar-refractivity contribution in [2.75, 3.05) is 0 Å². The number of hydrogen-bond donors (Lipinski definition) is 1. The minimum atomic E-state index is -4.57. The molecule has 1 N–H and O–H groups in total. The number of aromatic hydroxyl groups is 1. The highest BCUT2D eigenvalue weighted by Gasteiger charge is 2.33. The van der Waals surface area contributed by atoms with Crippen LogP contribution < -0.4 is 0 Å². The Morgan fingerprint density at radius 3 is 2.35 bits per heavy atom. The third-order valence-electron chi connectivity index (χ3n) is 2.72. The van der Waals surface area contributed by atoms with Crippen molar-refractivity contribution in [2.24, 2.45) is 0 Å². The van der Waals surface area contributed by atoms with Crippen LogP contribution in [0.3, 0.4) is 0 Å². The normalized spacial score (nSPS) is 11.3. The van der Waals surface area contributed by atoms with E-state index in [2.05, 4.69) is 0 Å². The molecule has 0 unspecified atom stereocenters. The van der Waals surface area contributed by atoms with Crippen molar-refractivity contribution in [1.29, 1.82) is 0 Å². The molecule has 0 spiro atoms. The van der Waals surface area contributed by atoms with E-state index in [0.29, 0.717) is 0 Å². The number of phenols is 1. The second-order valence-electron chi connectivity index (χ2n) is 4.00. The van der Waals surface area contributed by atoms with E-state index in [9.17, 15) is 28.4 Å². The van der Waals surface area contributed by atoms with Crippen molar-refractivity contribution in [3.8, 4) is 16.9 Å². The Kier molecular flexibility index (Phi) is 3.35. The van der Waals surface area contributed by atoms with E-state index in [4.69, 9.17) is 0 Å². The first-order chi connectivity index (χ1) is 9.30. The fourth-order valence-electron chi connectivity index (χ4n) is 1.82. The molecular weight excluding hydrogens is 275 g/mol. The minimum absolute atomic E-state index is 0.0161. The molecule has 0 aromatic heterocycles. The standard InChI is InChI=1S/C13H8F3NO3/c14-13(15,16)10-4-2-1-3-9(10)8-5-6-12(18)11(7-8)17(19)20/h1-7,18H. The third-order valence-corrected chi connectivity index (χ3v) is 2.72. The number of nitrogens with zero attached hydrogens (tertiary/aromatic N) is 1. The highest BCUT2D eigenvalue weighted by Crippen LogP contribution is 2.39. The van der Waals surface area contributed by atoms with Crippen molar-refractivity contribution < 1.29 is 23.2 Å². The van der Waals surface area contributed by atoms with Gasteiger partial charge in [-0.15, -0.1) is 0 Å². The predicted molar refractivity (Wildman–Crippen MR) is 65.2 cm³/mol. The van der Waals surface area contributed by atoms with Crippen molar-refractivity contribution in [3.05, 3.63) is 58.1 Å². The summed E-state index contributed by atoms with van der Waals surface area (Å²) in [6.45, 7) is 0. The number of benzene rings is 2. The average molecular weight is 283 g/mol. The van der Waals surface area contributed by atoms with Crippen LogP contribution in [0.15, 0.2) is 42.5 Å². The molecule has 0 radical (unpaired) electrons. The molecule has 0 aliphatic carbocycles. The fourth-order valence-corrected chi connectivity index (χ4v) is 1.82. The lowest BCUT2D eigenvalue weighted by atomic mass is 9.99. The summed E-state index contributed by atoms with van der Waals surface area (Å²) in [5.41, 5.74) is -1.69. The number of nitro groups is 1. The van der Waals surface area contributed by atoms with Crippen LogP contribution in [0.2, 0.25) is 0 Å². The largest absolute Gasteiger partial charge is 0.502 e. The van der Waals surface area contributed by atoms with E-state index in [0.717, 1.165) is 18.2 Å². The summed E-state index contributed by atoms with van der Waals surface area (Å²) in [6, 6.07) is 7.88. The molecule has 0 saturated carbocycles. The number of nitro benzene ring substituents is 1. The Balaban J connectivity index is 2.64. The summed E-state index contributed by atoms with van der Waals surface area (Å²) in [5, 5.41) is 20.0. The van der Waals surface area contributed by atoms with Gasteiger partial charge in [-0.05, 0) is 23.3 Å². The van der Waals surface area contributed by atoms with Gasteiger partial charge in [0.1, 0.15) is 0 Å². The molecule has 4 nitrogen and oxygen atoms in total. The number of hydrogen-bond acceptors (Lipinski definition) is 3. The van der Waals surface area contributed by atoms with E-state index in [1.165, 1.54) is 24.3 Å². The number of halogens is 3. The Morgan fingerprint density at radius 2 is 1.75 bits per heavy atom. The van der Waals surface area contributed by atoms with E-state index in [1.807, 2.05) is 0 Å². The molecule has 0 fully saturated rings. The maximum atomic E-state index is 12.9. The first kappa shape index (κ1) is 13.9. The zero-order valence-electron chi connectivity index (χ0n) is 9.89. The van der Waals surface area contributed by atoms with Crippen LogP contribution in [0, 0.1) is 10.1 Å². The monoisotopic (exact) mass is 283 g/mol. The average Bonchev–Trinajstić information content (AvgIpc) is 2.38. The zero-order valence-corrected chi connectivity index (χ0v) is 9.89. The fraction of sp³-hybridized carbons (Fsp3) is 0.0769. The van der Waals surface area contributed by atoms with Crippen LogP contribution in [-0.2, 0) is 6.18 Å². The van der Waals surface area contributed by atoms with E-state index >= 15 is 0 Å². The van der Waals surface area contributed by atoms with Crippen molar-refractivity contribution in [3.63, 3.8) is 0 Å². The lowest BCUT2D eigenvalue weighted by molar-refractivity contribution is -0.385. The Bertz CT molecular complexity index is 668. The van der Waals surface area contributed by atoms with E-state index in [1.54, 1.807) is 0 Å². The van der Waals surface area contributed by atoms with Gasteiger partial charge in [-0.2, -0.15) is 13.2 Å². The van der Waals surface area contributed by atoms with Gasteiger partial charge in [-0.3, -0.25) is 10.1 Å². The molecule has 2 aromatic carbocycles. The smallest absolute Gasteiger partial charge is 0.417 e. The summed E-state index contributed by atoms with van der Waals surface area (Å²) in [5.74, 6) is -0.594. The number of alkyl halides is 3. The van der Waals surface area contributed by atoms with Crippen molar-refractivity contribution >= 4 is 5.69 Å². The first-order valence-corrected chi connectivity index (χ1v) is 5.44. The van der Waals surface area contributed by atoms with Crippen LogP contribution in [0.5, 0.6) is 5.75 Å². The van der Waals surface area contributed by atoms with Gasteiger partial charge in [0, 0.05) is 6.07 Å². The maximum absolute atomic E-state index is 12.9. The van der Waals surface area contributed by atoms with Gasteiger partial charge in [0.15, 0.2) is 5.75 Å². The second-order valence-corrected chi connectivity index (χ2v) is 4.00. The van der Waals surface area contributed by atoms with Gasteiger partial charge < -0.3 is 5.11 Å². The quantitative estimate of drug-likeness (QED) is 0.669. The van der Waals surface area contributed by atoms with Crippen molar-refractivity contribution in [2.45, 2.75) is 6.18 Å². The molecule has 2 rings (SSSR count). The SMILES string of the molecule is O=[N+]([O-])c1cc(-c2ccccc2C(F)(F)F)ccc1O. The zero-order chi connectivity index (χ0) is 14.9. The van der Waals surface area contributed by atoms with Crippen molar-refractivity contribution in [1.82, 2.24) is 0 Å². The molecule has 0 aliphatic heterocycles. The second kappa shape index (κ2) is 4.84. The highest BCUT2D eigenvalue weighted by molar-refractivity contribution is 5.72. The summed E-state index contributed by atoms with van der Waals surface area (Å²) >= 11 is 0. The van der Waals surface area contributed by atoms with Crippen LogP contribution in [-0.4, -0.2) is 10.0 Å². The van der Waals surface area contributed by atoms with Gasteiger partial charge in [0.2, 0.25) is 0 Å². The summed E-state index contributed by atoms with van der Waals surface area (Å²) in [6.07, 6.45) is -4.57. The molecule has 0 heterocycles. The number of rotatable bonds is 2. The molecule has 0 amide bonds. The molecule has 0 atom stereocenters. The molecule has 0 aliphatic rings. The van der Waals surface area contributed by atoms with Gasteiger partial charge in [-0.1, -0.05) is 24.3 Å². The van der Waals surface area contributed by atoms with Gasteiger partial charge in [0.25, 0.3) is 0 Å². The Hall–Kier alpha value is -2.57.